The van der Waals surface area contributed by atoms with E-state index in [0.29, 0.717) is 40.2 Å². The monoisotopic (exact) mass is 427 g/mol. The predicted molar refractivity (Wildman–Crippen MR) is 109 cm³/mol. The standard InChI is InChI=1S/C20H17N3O4S2/c24-19(21-10-14-4-1-7-26-14)16-13-29-18(22-16)12-23(11-15-5-2-8-27-15)20(25)17-6-3-9-28-17/h1-9,13H,10-12H2,(H,21,24). The number of thiophene rings is 1. The number of rotatable bonds is 8. The minimum atomic E-state index is -0.286. The van der Waals surface area contributed by atoms with Crippen LogP contribution < -0.4 is 5.32 Å². The zero-order chi connectivity index (χ0) is 20.1. The Morgan fingerprint density at radius 2 is 1.79 bits per heavy atom. The Morgan fingerprint density at radius 3 is 2.48 bits per heavy atom. The molecule has 0 aromatic carbocycles. The largest absolute Gasteiger partial charge is 0.467 e. The van der Waals surface area contributed by atoms with Crippen LogP contribution in [0, 0.1) is 0 Å². The molecule has 0 aliphatic carbocycles. The van der Waals surface area contributed by atoms with Crippen LogP contribution in [-0.4, -0.2) is 21.7 Å². The van der Waals surface area contributed by atoms with Crippen molar-refractivity contribution in [2.24, 2.45) is 0 Å². The van der Waals surface area contributed by atoms with E-state index in [1.807, 2.05) is 17.5 Å². The zero-order valence-corrected chi connectivity index (χ0v) is 16.9. The minimum Gasteiger partial charge on any atom is -0.467 e. The molecule has 1 N–H and O–H groups in total. The molecule has 0 atom stereocenters. The van der Waals surface area contributed by atoms with Crippen molar-refractivity contribution >= 4 is 34.5 Å². The summed E-state index contributed by atoms with van der Waals surface area (Å²) in [6.45, 7) is 0.900. The highest BCUT2D eigenvalue weighted by Crippen LogP contribution is 2.19. The Bertz CT molecular complexity index is 1050. The van der Waals surface area contributed by atoms with Crippen LogP contribution in [0.3, 0.4) is 0 Å². The van der Waals surface area contributed by atoms with E-state index in [4.69, 9.17) is 8.83 Å². The molecule has 0 aliphatic rings. The Labute approximate surface area is 174 Å². The number of nitrogens with one attached hydrogen (secondary N) is 1. The van der Waals surface area contributed by atoms with Gasteiger partial charge in [0.15, 0.2) is 0 Å². The first-order chi connectivity index (χ1) is 14.2. The van der Waals surface area contributed by atoms with E-state index < -0.39 is 0 Å². The lowest BCUT2D eigenvalue weighted by atomic mass is 10.3. The fourth-order valence-electron chi connectivity index (χ4n) is 2.67. The third-order valence-corrected chi connectivity index (χ3v) is 5.75. The van der Waals surface area contributed by atoms with Gasteiger partial charge in [-0.25, -0.2) is 4.98 Å². The molecule has 0 saturated carbocycles. The first-order valence-electron chi connectivity index (χ1n) is 8.79. The van der Waals surface area contributed by atoms with Crippen molar-refractivity contribution in [3.05, 3.63) is 86.8 Å². The maximum atomic E-state index is 12.9. The molecule has 0 unspecified atom stereocenters. The van der Waals surface area contributed by atoms with Crippen molar-refractivity contribution in [1.82, 2.24) is 15.2 Å². The highest BCUT2D eigenvalue weighted by atomic mass is 32.1. The number of nitrogens with zero attached hydrogens (tertiary/aromatic N) is 2. The summed E-state index contributed by atoms with van der Waals surface area (Å²) in [5.74, 6) is 0.962. The summed E-state index contributed by atoms with van der Waals surface area (Å²) in [4.78, 5) is 31.9. The van der Waals surface area contributed by atoms with Crippen LogP contribution in [0.5, 0.6) is 0 Å². The summed E-state index contributed by atoms with van der Waals surface area (Å²) in [6, 6.07) is 10.8. The van der Waals surface area contributed by atoms with E-state index in [-0.39, 0.29) is 18.4 Å². The minimum absolute atomic E-state index is 0.101. The fraction of sp³-hybridized carbons (Fsp3) is 0.150. The lowest BCUT2D eigenvalue weighted by Gasteiger charge is -2.19. The van der Waals surface area contributed by atoms with Gasteiger partial charge in [-0.3, -0.25) is 9.59 Å². The van der Waals surface area contributed by atoms with Gasteiger partial charge in [-0.05, 0) is 35.7 Å². The molecule has 148 valence electrons. The summed E-state index contributed by atoms with van der Waals surface area (Å²) < 4.78 is 10.6. The number of thiazole rings is 1. The molecular weight excluding hydrogens is 410 g/mol. The molecule has 4 aromatic heterocycles. The third kappa shape index (κ3) is 4.82. The van der Waals surface area contributed by atoms with E-state index in [0.717, 1.165) is 0 Å². The van der Waals surface area contributed by atoms with E-state index in [9.17, 15) is 9.59 Å². The van der Waals surface area contributed by atoms with E-state index in [2.05, 4.69) is 10.3 Å². The normalized spacial score (nSPS) is 10.8. The van der Waals surface area contributed by atoms with Crippen LogP contribution in [0.15, 0.2) is 68.5 Å². The number of hydrogen-bond donors (Lipinski definition) is 1. The van der Waals surface area contributed by atoms with Gasteiger partial charge in [0, 0.05) is 5.38 Å². The summed E-state index contributed by atoms with van der Waals surface area (Å²) >= 11 is 2.73. The van der Waals surface area contributed by atoms with Gasteiger partial charge < -0.3 is 19.1 Å². The Balaban J connectivity index is 1.44. The van der Waals surface area contributed by atoms with Crippen LogP contribution in [0.25, 0.3) is 0 Å². The molecule has 7 nitrogen and oxygen atoms in total. The van der Waals surface area contributed by atoms with Crippen molar-refractivity contribution in [2.45, 2.75) is 19.6 Å². The molecule has 4 heterocycles. The van der Waals surface area contributed by atoms with Gasteiger partial charge in [0.1, 0.15) is 22.2 Å². The van der Waals surface area contributed by atoms with Crippen molar-refractivity contribution in [3.63, 3.8) is 0 Å². The molecule has 0 fully saturated rings. The lowest BCUT2D eigenvalue weighted by Crippen LogP contribution is -2.29. The molecule has 0 spiro atoms. The molecule has 0 bridgehead atoms. The number of carbonyl (C=O) groups excluding carboxylic acids is 2. The van der Waals surface area contributed by atoms with E-state index >= 15 is 0 Å². The van der Waals surface area contributed by atoms with Crippen LogP contribution in [0.1, 0.15) is 36.7 Å². The molecule has 4 aromatic rings. The maximum Gasteiger partial charge on any atom is 0.271 e. The van der Waals surface area contributed by atoms with Gasteiger partial charge in [0.2, 0.25) is 0 Å². The van der Waals surface area contributed by atoms with E-state index in [1.54, 1.807) is 47.1 Å². The molecule has 2 amide bonds. The average Bonchev–Trinajstić information content (AvgIpc) is 3.53. The lowest BCUT2D eigenvalue weighted by molar-refractivity contribution is 0.0722. The summed E-state index contributed by atoms with van der Waals surface area (Å²) in [7, 11) is 0. The molecule has 0 saturated heterocycles. The summed E-state index contributed by atoms with van der Waals surface area (Å²) in [6.07, 6.45) is 3.13. The van der Waals surface area contributed by atoms with Crippen molar-refractivity contribution in [3.8, 4) is 0 Å². The van der Waals surface area contributed by atoms with Gasteiger partial charge >= 0.3 is 0 Å². The Hall–Kier alpha value is -3.17. The quantitative estimate of drug-likeness (QED) is 0.456. The smallest absolute Gasteiger partial charge is 0.271 e. The molecular formula is C20H17N3O4S2. The van der Waals surface area contributed by atoms with Gasteiger partial charge in [0.05, 0.1) is 37.0 Å². The molecule has 9 heteroatoms. The van der Waals surface area contributed by atoms with Gasteiger partial charge in [-0.1, -0.05) is 6.07 Å². The fourth-order valence-corrected chi connectivity index (χ4v) is 4.15. The van der Waals surface area contributed by atoms with Crippen LogP contribution >= 0.6 is 22.7 Å². The topological polar surface area (TPSA) is 88.6 Å². The van der Waals surface area contributed by atoms with Gasteiger partial charge in [-0.15, -0.1) is 22.7 Å². The Kier molecular flexibility index (Phi) is 5.87. The van der Waals surface area contributed by atoms with Crippen LogP contribution in [0.2, 0.25) is 0 Å². The number of furan rings is 2. The SMILES string of the molecule is O=C(NCc1ccco1)c1csc(CN(Cc2ccco2)C(=O)c2cccs2)n1. The second-order valence-electron chi connectivity index (χ2n) is 6.11. The molecule has 0 radical (unpaired) electrons. The van der Waals surface area contributed by atoms with Crippen LogP contribution in [-0.2, 0) is 19.6 Å². The molecule has 4 rings (SSSR count). The summed E-state index contributed by atoms with van der Waals surface area (Å²) in [5.41, 5.74) is 0.318. The zero-order valence-electron chi connectivity index (χ0n) is 15.2. The number of amides is 2. The first-order valence-corrected chi connectivity index (χ1v) is 10.5. The van der Waals surface area contributed by atoms with Crippen molar-refractivity contribution in [2.75, 3.05) is 0 Å². The number of aromatic nitrogens is 1. The second kappa shape index (κ2) is 8.89. The Morgan fingerprint density at radius 1 is 1.00 bits per heavy atom. The molecule has 0 aliphatic heterocycles. The van der Waals surface area contributed by atoms with E-state index in [1.165, 1.54) is 22.7 Å². The van der Waals surface area contributed by atoms with Crippen molar-refractivity contribution in [1.29, 1.82) is 0 Å². The average molecular weight is 428 g/mol. The maximum absolute atomic E-state index is 12.9. The van der Waals surface area contributed by atoms with Gasteiger partial charge in [-0.2, -0.15) is 0 Å². The highest BCUT2D eigenvalue weighted by molar-refractivity contribution is 7.12. The number of hydrogen-bond acceptors (Lipinski definition) is 7. The van der Waals surface area contributed by atoms with Crippen LogP contribution in [0.4, 0.5) is 0 Å². The van der Waals surface area contributed by atoms with Crippen molar-refractivity contribution < 1.29 is 18.4 Å². The highest BCUT2D eigenvalue weighted by Gasteiger charge is 2.21. The number of carbonyl (C=O) groups is 2. The third-order valence-electron chi connectivity index (χ3n) is 4.06. The first kappa shape index (κ1) is 19.2. The second-order valence-corrected chi connectivity index (χ2v) is 8.00. The summed E-state index contributed by atoms with van der Waals surface area (Å²) in [5, 5.41) is 6.99. The molecule has 29 heavy (non-hydrogen) atoms. The van der Waals surface area contributed by atoms with Gasteiger partial charge in [0.25, 0.3) is 11.8 Å². The predicted octanol–water partition coefficient (Wildman–Crippen LogP) is 4.16.